The lowest BCUT2D eigenvalue weighted by Gasteiger charge is -2.04. The van der Waals surface area contributed by atoms with Crippen molar-refractivity contribution in [1.29, 1.82) is 0 Å². The van der Waals surface area contributed by atoms with Gasteiger partial charge in [0.15, 0.2) is 5.76 Å². The third kappa shape index (κ3) is 3.08. The van der Waals surface area contributed by atoms with Crippen molar-refractivity contribution >= 4 is 17.5 Å². The van der Waals surface area contributed by atoms with E-state index in [0.717, 1.165) is 0 Å². The van der Waals surface area contributed by atoms with Gasteiger partial charge in [-0.3, -0.25) is 4.79 Å². The molecule has 4 nitrogen and oxygen atoms in total. The quantitative estimate of drug-likeness (QED) is 0.769. The van der Waals surface area contributed by atoms with E-state index in [1.807, 2.05) is 0 Å². The van der Waals surface area contributed by atoms with Crippen molar-refractivity contribution in [1.82, 2.24) is 5.32 Å². The van der Waals surface area contributed by atoms with E-state index in [0.29, 0.717) is 11.6 Å². The molecule has 1 aromatic rings. The number of halogens is 1. The number of nitrogens with one attached hydrogen (secondary N) is 1. The Bertz CT molecular complexity index is 296. The lowest BCUT2D eigenvalue weighted by Crippen LogP contribution is -2.34. The summed E-state index contributed by atoms with van der Waals surface area (Å²) in [6.07, 6.45) is 1.31. The lowest BCUT2D eigenvalue weighted by molar-refractivity contribution is 0.0924. The van der Waals surface area contributed by atoms with Gasteiger partial charge in [0.25, 0.3) is 5.91 Å². The largest absolute Gasteiger partial charge is 0.458 e. The smallest absolute Gasteiger partial charge is 0.287 e. The minimum absolute atomic E-state index is 0.0746. The van der Waals surface area contributed by atoms with E-state index in [9.17, 15) is 4.79 Å². The highest BCUT2D eigenvalue weighted by molar-refractivity contribution is 6.30. The highest BCUT2D eigenvalue weighted by Crippen LogP contribution is 2.12. The fourth-order valence-corrected chi connectivity index (χ4v) is 0.917. The third-order valence-electron chi connectivity index (χ3n) is 1.38. The van der Waals surface area contributed by atoms with Crippen LogP contribution in [0.4, 0.5) is 0 Å². The molecule has 1 amide bonds. The molecule has 0 saturated carbocycles. The average molecular weight is 203 g/mol. The molecule has 0 saturated heterocycles. The predicted molar refractivity (Wildman–Crippen MR) is 49.7 cm³/mol. The zero-order valence-electron chi connectivity index (χ0n) is 7.21. The predicted octanol–water partition coefficient (Wildman–Crippen LogP) is 1.01. The Balaban J connectivity index is 2.49. The second kappa shape index (κ2) is 4.30. The molecule has 0 aliphatic carbocycles. The summed E-state index contributed by atoms with van der Waals surface area (Å²) in [4.78, 5) is 11.2. The van der Waals surface area contributed by atoms with Gasteiger partial charge in [-0.05, 0) is 6.92 Å². The first-order valence-corrected chi connectivity index (χ1v) is 4.25. The molecule has 1 atom stereocenters. The van der Waals surface area contributed by atoms with Crippen LogP contribution in [0, 0.1) is 0 Å². The standard InChI is InChI=1S/C8H11ClN2O2/c1-5(10)3-11-8(12)7-2-6(9)4-13-7/h2,4-5H,3,10H2,1H3,(H,11,12). The Kier molecular flexibility index (Phi) is 3.33. The maximum atomic E-state index is 11.2. The molecular weight excluding hydrogens is 192 g/mol. The lowest BCUT2D eigenvalue weighted by atomic mass is 10.3. The second-order valence-corrected chi connectivity index (χ2v) is 3.25. The van der Waals surface area contributed by atoms with Crippen molar-refractivity contribution in [2.45, 2.75) is 13.0 Å². The summed E-state index contributed by atoms with van der Waals surface area (Å²) in [7, 11) is 0. The van der Waals surface area contributed by atoms with Gasteiger partial charge in [0.05, 0.1) is 5.02 Å². The molecule has 0 bridgehead atoms. The molecule has 0 spiro atoms. The van der Waals surface area contributed by atoms with Crippen LogP contribution in [0.1, 0.15) is 17.5 Å². The van der Waals surface area contributed by atoms with Crippen molar-refractivity contribution in [2.24, 2.45) is 5.73 Å². The summed E-state index contributed by atoms with van der Waals surface area (Å²) in [6, 6.07) is 1.38. The van der Waals surface area contributed by atoms with E-state index in [1.54, 1.807) is 6.92 Å². The van der Waals surface area contributed by atoms with E-state index < -0.39 is 0 Å². The highest BCUT2D eigenvalue weighted by Gasteiger charge is 2.09. The molecule has 3 N–H and O–H groups in total. The van der Waals surface area contributed by atoms with Crippen LogP contribution in [0.2, 0.25) is 5.02 Å². The average Bonchev–Trinajstić information content (AvgIpc) is 2.47. The number of carbonyl (C=O) groups excluding carboxylic acids is 1. The first-order valence-electron chi connectivity index (χ1n) is 3.87. The van der Waals surface area contributed by atoms with Gasteiger partial charge in [-0.15, -0.1) is 0 Å². The highest BCUT2D eigenvalue weighted by atomic mass is 35.5. The van der Waals surface area contributed by atoms with Crippen molar-refractivity contribution in [2.75, 3.05) is 6.54 Å². The Morgan fingerprint density at radius 1 is 1.85 bits per heavy atom. The van der Waals surface area contributed by atoms with Crippen LogP contribution in [0.15, 0.2) is 16.7 Å². The number of hydrogen-bond acceptors (Lipinski definition) is 3. The first kappa shape index (κ1) is 10.1. The zero-order chi connectivity index (χ0) is 9.84. The SMILES string of the molecule is CC(N)CNC(=O)c1cc(Cl)co1. The summed E-state index contributed by atoms with van der Waals surface area (Å²) in [5.74, 6) is -0.102. The molecule has 72 valence electrons. The molecule has 0 aromatic carbocycles. The minimum Gasteiger partial charge on any atom is -0.458 e. The molecule has 5 heteroatoms. The van der Waals surface area contributed by atoms with Gasteiger partial charge in [0.1, 0.15) is 6.26 Å². The number of nitrogens with two attached hydrogens (primary N) is 1. The topological polar surface area (TPSA) is 68.3 Å². The normalized spacial score (nSPS) is 12.5. The van der Waals surface area contributed by atoms with E-state index in [4.69, 9.17) is 21.8 Å². The molecule has 0 aliphatic rings. The Morgan fingerprint density at radius 2 is 2.54 bits per heavy atom. The van der Waals surface area contributed by atoms with Gasteiger partial charge in [0, 0.05) is 18.7 Å². The van der Waals surface area contributed by atoms with Crippen LogP contribution in [0.25, 0.3) is 0 Å². The number of amides is 1. The van der Waals surface area contributed by atoms with Crippen molar-refractivity contribution < 1.29 is 9.21 Å². The summed E-state index contributed by atoms with van der Waals surface area (Å²) >= 11 is 5.57. The van der Waals surface area contributed by atoms with Crippen molar-refractivity contribution in [3.63, 3.8) is 0 Å². The maximum Gasteiger partial charge on any atom is 0.287 e. The number of hydrogen-bond donors (Lipinski definition) is 2. The second-order valence-electron chi connectivity index (χ2n) is 2.82. The summed E-state index contributed by atoms with van der Waals surface area (Å²) in [6.45, 7) is 2.21. The van der Waals surface area contributed by atoms with E-state index in [2.05, 4.69) is 5.32 Å². The molecule has 0 aliphatic heterocycles. The van der Waals surface area contributed by atoms with Crippen LogP contribution in [0.3, 0.4) is 0 Å². The maximum absolute atomic E-state index is 11.2. The molecule has 1 heterocycles. The molecule has 13 heavy (non-hydrogen) atoms. The van der Waals surface area contributed by atoms with E-state index in [1.165, 1.54) is 12.3 Å². The van der Waals surface area contributed by atoms with Gasteiger partial charge >= 0.3 is 0 Å². The molecule has 0 radical (unpaired) electrons. The minimum atomic E-state index is -0.302. The number of carbonyl (C=O) groups is 1. The summed E-state index contributed by atoms with van der Waals surface area (Å²) in [5, 5.41) is 3.00. The van der Waals surface area contributed by atoms with Crippen LogP contribution in [0.5, 0.6) is 0 Å². The fraction of sp³-hybridized carbons (Fsp3) is 0.375. The Labute approximate surface area is 81.0 Å². The van der Waals surface area contributed by atoms with Crippen molar-refractivity contribution in [3.05, 3.63) is 23.1 Å². The number of furan rings is 1. The Morgan fingerprint density at radius 3 is 3.00 bits per heavy atom. The van der Waals surface area contributed by atoms with Gasteiger partial charge in [-0.1, -0.05) is 11.6 Å². The molecular formula is C8H11ClN2O2. The van der Waals surface area contributed by atoms with E-state index >= 15 is 0 Å². The Hall–Kier alpha value is -1.00. The molecule has 1 unspecified atom stereocenters. The van der Waals surface area contributed by atoms with E-state index in [-0.39, 0.29) is 17.7 Å². The van der Waals surface area contributed by atoms with Crippen LogP contribution in [-0.4, -0.2) is 18.5 Å². The van der Waals surface area contributed by atoms with Gasteiger partial charge < -0.3 is 15.5 Å². The van der Waals surface area contributed by atoms with Crippen LogP contribution in [-0.2, 0) is 0 Å². The molecule has 1 rings (SSSR count). The fourth-order valence-electron chi connectivity index (χ4n) is 0.773. The molecule has 1 aromatic heterocycles. The monoisotopic (exact) mass is 202 g/mol. The van der Waals surface area contributed by atoms with Crippen LogP contribution >= 0.6 is 11.6 Å². The summed E-state index contributed by atoms with van der Waals surface area (Å²) in [5.41, 5.74) is 5.45. The van der Waals surface area contributed by atoms with Gasteiger partial charge in [-0.25, -0.2) is 0 Å². The first-order chi connectivity index (χ1) is 6.09. The number of rotatable bonds is 3. The van der Waals surface area contributed by atoms with Crippen molar-refractivity contribution in [3.8, 4) is 0 Å². The summed E-state index contributed by atoms with van der Waals surface area (Å²) < 4.78 is 4.87. The van der Waals surface area contributed by atoms with Gasteiger partial charge in [-0.2, -0.15) is 0 Å². The van der Waals surface area contributed by atoms with Gasteiger partial charge in [0.2, 0.25) is 0 Å². The third-order valence-corrected chi connectivity index (χ3v) is 1.57. The zero-order valence-corrected chi connectivity index (χ0v) is 7.97. The molecule has 0 fully saturated rings. The van der Waals surface area contributed by atoms with Crippen LogP contribution < -0.4 is 11.1 Å².